The molecule has 2 aromatic rings. The van der Waals surface area contributed by atoms with Crippen LogP contribution in [0.5, 0.6) is 0 Å². The van der Waals surface area contributed by atoms with Crippen molar-refractivity contribution in [2.75, 3.05) is 26.2 Å². The van der Waals surface area contributed by atoms with E-state index in [4.69, 9.17) is 4.74 Å². The summed E-state index contributed by atoms with van der Waals surface area (Å²) in [5, 5.41) is 0. The van der Waals surface area contributed by atoms with Crippen LogP contribution in [0.4, 0.5) is 4.39 Å². The van der Waals surface area contributed by atoms with Crippen molar-refractivity contribution in [3.05, 3.63) is 71.5 Å². The van der Waals surface area contributed by atoms with Gasteiger partial charge in [-0.3, -0.25) is 9.69 Å². The molecule has 2 aromatic carbocycles. The zero-order chi connectivity index (χ0) is 19.2. The van der Waals surface area contributed by atoms with Crippen LogP contribution in [-0.2, 0) is 16.1 Å². The molecule has 0 spiro atoms. The number of carbonyl (C=O) groups is 1. The van der Waals surface area contributed by atoms with Crippen molar-refractivity contribution in [1.82, 2.24) is 9.80 Å². The van der Waals surface area contributed by atoms with Gasteiger partial charge in [-0.15, -0.1) is 0 Å². The average Bonchev–Trinajstić information content (AvgIpc) is 2.72. The molecule has 0 aliphatic carbocycles. The van der Waals surface area contributed by atoms with Crippen molar-refractivity contribution >= 4 is 5.91 Å². The summed E-state index contributed by atoms with van der Waals surface area (Å²) in [6.07, 6.45) is -0.140. The maximum absolute atomic E-state index is 13.2. The highest BCUT2D eigenvalue weighted by Gasteiger charge is 2.30. The van der Waals surface area contributed by atoms with Crippen molar-refractivity contribution in [2.45, 2.75) is 32.5 Å². The molecule has 27 heavy (non-hydrogen) atoms. The number of morpholine rings is 1. The number of nitrogens with zero attached hydrogens (tertiary/aromatic N) is 2. The molecule has 0 unspecified atom stereocenters. The second-order valence-corrected chi connectivity index (χ2v) is 6.92. The van der Waals surface area contributed by atoms with Gasteiger partial charge in [0.15, 0.2) is 0 Å². The van der Waals surface area contributed by atoms with E-state index in [2.05, 4.69) is 4.90 Å². The van der Waals surface area contributed by atoms with Crippen LogP contribution in [0.3, 0.4) is 0 Å². The molecule has 1 heterocycles. The zero-order valence-corrected chi connectivity index (χ0v) is 16.0. The Morgan fingerprint density at radius 3 is 2.59 bits per heavy atom. The van der Waals surface area contributed by atoms with Crippen LogP contribution in [-0.4, -0.2) is 48.0 Å². The highest BCUT2D eigenvalue weighted by atomic mass is 19.1. The molecule has 0 N–H and O–H groups in total. The van der Waals surface area contributed by atoms with E-state index < -0.39 is 0 Å². The number of ether oxygens (including phenoxy) is 1. The molecule has 0 radical (unpaired) electrons. The van der Waals surface area contributed by atoms with Crippen LogP contribution < -0.4 is 0 Å². The van der Waals surface area contributed by atoms with Gasteiger partial charge in [0, 0.05) is 26.2 Å². The van der Waals surface area contributed by atoms with Crippen LogP contribution in [0.2, 0.25) is 0 Å². The maximum atomic E-state index is 13.2. The fraction of sp³-hybridized carbons (Fsp3) is 0.409. The maximum Gasteiger partial charge on any atom is 0.239 e. The SMILES string of the molecule is CCN(Cc1ccccc1)C(=O)[C@H](C)N1CCO[C@@H](c2ccc(F)cc2)C1. The first-order valence-corrected chi connectivity index (χ1v) is 9.52. The average molecular weight is 370 g/mol. The molecule has 1 fully saturated rings. The van der Waals surface area contributed by atoms with Gasteiger partial charge in [0.05, 0.1) is 18.8 Å². The smallest absolute Gasteiger partial charge is 0.239 e. The van der Waals surface area contributed by atoms with E-state index >= 15 is 0 Å². The molecule has 4 nitrogen and oxygen atoms in total. The largest absolute Gasteiger partial charge is 0.371 e. The number of carbonyl (C=O) groups excluding carboxylic acids is 1. The Bertz CT molecular complexity index is 736. The molecule has 1 amide bonds. The van der Waals surface area contributed by atoms with Gasteiger partial charge >= 0.3 is 0 Å². The number of rotatable bonds is 6. The van der Waals surface area contributed by atoms with E-state index in [1.54, 1.807) is 12.1 Å². The summed E-state index contributed by atoms with van der Waals surface area (Å²) >= 11 is 0. The van der Waals surface area contributed by atoms with Gasteiger partial charge in [0.25, 0.3) is 0 Å². The van der Waals surface area contributed by atoms with Crippen molar-refractivity contribution in [1.29, 1.82) is 0 Å². The monoisotopic (exact) mass is 370 g/mol. The van der Waals surface area contributed by atoms with Gasteiger partial charge in [-0.05, 0) is 37.1 Å². The third-order valence-electron chi connectivity index (χ3n) is 5.15. The predicted molar refractivity (Wildman–Crippen MR) is 104 cm³/mol. The van der Waals surface area contributed by atoms with E-state index in [9.17, 15) is 9.18 Å². The lowest BCUT2D eigenvalue weighted by Crippen LogP contribution is -2.51. The van der Waals surface area contributed by atoms with E-state index in [1.165, 1.54) is 12.1 Å². The molecule has 1 saturated heterocycles. The van der Waals surface area contributed by atoms with E-state index in [1.807, 2.05) is 49.1 Å². The van der Waals surface area contributed by atoms with Crippen molar-refractivity contribution in [3.63, 3.8) is 0 Å². The predicted octanol–water partition coefficient (Wildman–Crippen LogP) is 3.64. The van der Waals surface area contributed by atoms with E-state index in [0.29, 0.717) is 32.8 Å². The molecule has 0 bridgehead atoms. The highest BCUT2D eigenvalue weighted by Crippen LogP contribution is 2.24. The normalized spacial score (nSPS) is 18.9. The molecule has 1 aliphatic heterocycles. The summed E-state index contributed by atoms with van der Waals surface area (Å²) in [7, 11) is 0. The van der Waals surface area contributed by atoms with Gasteiger partial charge in [-0.1, -0.05) is 42.5 Å². The van der Waals surface area contributed by atoms with Crippen LogP contribution in [0.25, 0.3) is 0 Å². The van der Waals surface area contributed by atoms with Crippen molar-refractivity contribution < 1.29 is 13.9 Å². The number of halogens is 1. The van der Waals surface area contributed by atoms with Crippen molar-refractivity contribution in [3.8, 4) is 0 Å². The van der Waals surface area contributed by atoms with E-state index in [0.717, 1.165) is 11.1 Å². The van der Waals surface area contributed by atoms with E-state index in [-0.39, 0.29) is 23.9 Å². The summed E-state index contributed by atoms with van der Waals surface area (Å²) in [6.45, 7) is 7.16. The van der Waals surface area contributed by atoms with Gasteiger partial charge in [0.2, 0.25) is 5.91 Å². The first-order chi connectivity index (χ1) is 13.1. The second kappa shape index (κ2) is 9.11. The fourth-order valence-corrected chi connectivity index (χ4v) is 3.47. The van der Waals surface area contributed by atoms with Crippen LogP contribution in [0, 0.1) is 5.82 Å². The Kier molecular flexibility index (Phi) is 6.58. The number of likely N-dealkylation sites (N-methyl/N-ethyl adjacent to an activating group) is 1. The minimum Gasteiger partial charge on any atom is -0.371 e. The zero-order valence-electron chi connectivity index (χ0n) is 16.0. The Balaban J connectivity index is 1.65. The Labute approximate surface area is 160 Å². The summed E-state index contributed by atoms with van der Waals surface area (Å²) in [5.41, 5.74) is 2.07. The summed E-state index contributed by atoms with van der Waals surface area (Å²) < 4.78 is 19.0. The van der Waals surface area contributed by atoms with Crippen LogP contribution in [0.15, 0.2) is 54.6 Å². The number of hydrogen-bond acceptors (Lipinski definition) is 3. The quantitative estimate of drug-likeness (QED) is 0.778. The molecule has 1 aliphatic rings. The lowest BCUT2D eigenvalue weighted by atomic mass is 10.1. The van der Waals surface area contributed by atoms with Crippen molar-refractivity contribution in [2.24, 2.45) is 0 Å². The Morgan fingerprint density at radius 1 is 1.22 bits per heavy atom. The number of benzene rings is 2. The second-order valence-electron chi connectivity index (χ2n) is 6.92. The fourth-order valence-electron chi connectivity index (χ4n) is 3.47. The van der Waals surface area contributed by atoms with Crippen LogP contribution >= 0.6 is 0 Å². The van der Waals surface area contributed by atoms with Crippen LogP contribution in [0.1, 0.15) is 31.1 Å². The standard InChI is InChI=1S/C22H27FN2O2/c1-3-24(15-18-7-5-4-6-8-18)22(26)17(2)25-13-14-27-21(16-25)19-9-11-20(23)12-10-19/h4-12,17,21H,3,13-16H2,1-2H3/t17-,21+/m0/s1. The Hall–Kier alpha value is -2.24. The third-order valence-corrected chi connectivity index (χ3v) is 5.15. The highest BCUT2D eigenvalue weighted by molar-refractivity contribution is 5.81. The molecule has 5 heteroatoms. The molecular weight excluding hydrogens is 343 g/mol. The summed E-state index contributed by atoms with van der Waals surface area (Å²) in [4.78, 5) is 17.1. The lowest BCUT2D eigenvalue weighted by molar-refractivity contribution is -0.140. The molecule has 0 saturated carbocycles. The number of amides is 1. The minimum absolute atomic E-state index is 0.126. The van der Waals surface area contributed by atoms with Gasteiger partial charge in [-0.2, -0.15) is 0 Å². The number of hydrogen-bond donors (Lipinski definition) is 0. The molecular formula is C22H27FN2O2. The first kappa shape index (κ1) is 19.5. The summed E-state index contributed by atoms with van der Waals surface area (Å²) in [6, 6.07) is 16.2. The molecule has 3 rings (SSSR count). The van der Waals surface area contributed by atoms with Gasteiger partial charge in [0.1, 0.15) is 5.82 Å². The molecule has 144 valence electrons. The minimum atomic E-state index is -0.255. The molecule has 0 aromatic heterocycles. The topological polar surface area (TPSA) is 32.8 Å². The van der Waals surface area contributed by atoms with Gasteiger partial charge in [-0.25, -0.2) is 4.39 Å². The lowest BCUT2D eigenvalue weighted by Gasteiger charge is -2.38. The van der Waals surface area contributed by atoms with Gasteiger partial charge < -0.3 is 9.64 Å². The summed E-state index contributed by atoms with van der Waals surface area (Å²) in [5.74, 6) is -0.129. The first-order valence-electron chi connectivity index (χ1n) is 9.52. The molecule has 2 atom stereocenters. The third kappa shape index (κ3) is 4.93. The Morgan fingerprint density at radius 2 is 1.93 bits per heavy atom.